The molecule has 1 aliphatic heterocycles. The van der Waals surface area contributed by atoms with Gasteiger partial charge >= 0.3 is 0 Å². The van der Waals surface area contributed by atoms with E-state index in [1.807, 2.05) is 0 Å². The molecule has 2 unspecified atom stereocenters. The van der Waals surface area contributed by atoms with Gasteiger partial charge in [0.2, 0.25) is 0 Å². The van der Waals surface area contributed by atoms with Gasteiger partial charge in [-0.05, 0) is 53.9 Å². The Hall–Kier alpha value is -0.120. The Balaban J connectivity index is 2.49. The van der Waals surface area contributed by atoms with E-state index < -0.39 is 0 Å². The highest BCUT2D eigenvalue weighted by atomic mass is 15.2. The van der Waals surface area contributed by atoms with Crippen molar-refractivity contribution in [1.82, 2.24) is 15.1 Å². The Morgan fingerprint density at radius 1 is 1.29 bits per heavy atom. The number of likely N-dealkylation sites (N-methyl/N-ethyl adjacent to an activating group) is 2. The van der Waals surface area contributed by atoms with Gasteiger partial charge in [-0.15, -0.1) is 0 Å². The molecule has 0 aromatic heterocycles. The Morgan fingerprint density at radius 3 is 2.47 bits per heavy atom. The van der Waals surface area contributed by atoms with Gasteiger partial charge in [0.05, 0.1) is 0 Å². The molecule has 0 bridgehead atoms. The highest BCUT2D eigenvalue weighted by molar-refractivity contribution is 4.90. The molecule has 2 atom stereocenters. The van der Waals surface area contributed by atoms with Crippen LogP contribution in [-0.2, 0) is 0 Å². The summed E-state index contributed by atoms with van der Waals surface area (Å²) in [7, 11) is 4.32. The molecule has 0 aliphatic carbocycles. The second-order valence-corrected chi connectivity index (χ2v) is 6.12. The predicted octanol–water partition coefficient (Wildman–Crippen LogP) is 1.79. The first-order chi connectivity index (χ1) is 7.97. The lowest BCUT2D eigenvalue weighted by molar-refractivity contribution is 0.119. The van der Waals surface area contributed by atoms with E-state index in [0.29, 0.717) is 11.6 Å². The molecule has 0 saturated carbocycles. The molecule has 1 fully saturated rings. The summed E-state index contributed by atoms with van der Waals surface area (Å²) in [5.74, 6) is 0. The van der Waals surface area contributed by atoms with Crippen molar-refractivity contribution in [3.05, 3.63) is 0 Å². The van der Waals surface area contributed by atoms with Crippen LogP contribution in [0.2, 0.25) is 0 Å². The molecule has 0 aromatic carbocycles. The SMILES string of the molecule is CCN(CC1(C)CCCCN1)C(C)CN(C)C. The first-order valence-electron chi connectivity index (χ1n) is 7.10. The van der Waals surface area contributed by atoms with E-state index in [4.69, 9.17) is 0 Å². The smallest absolute Gasteiger partial charge is 0.0280 e. The van der Waals surface area contributed by atoms with Crippen molar-refractivity contribution in [3.63, 3.8) is 0 Å². The highest BCUT2D eigenvalue weighted by Gasteiger charge is 2.29. The summed E-state index contributed by atoms with van der Waals surface area (Å²) in [6, 6.07) is 0.635. The van der Waals surface area contributed by atoms with E-state index in [1.165, 1.54) is 32.4 Å². The third-order valence-electron chi connectivity index (χ3n) is 3.92. The Kier molecular flexibility index (Phi) is 5.90. The standard InChI is InChI=1S/C14H31N3/c1-6-17(13(2)11-16(4)5)12-14(3)9-7-8-10-15-14/h13,15H,6-12H2,1-5H3. The van der Waals surface area contributed by atoms with Crippen LogP contribution in [0.1, 0.15) is 40.0 Å². The van der Waals surface area contributed by atoms with Crippen LogP contribution in [0.15, 0.2) is 0 Å². The van der Waals surface area contributed by atoms with Crippen molar-refractivity contribution >= 4 is 0 Å². The van der Waals surface area contributed by atoms with Crippen molar-refractivity contribution in [1.29, 1.82) is 0 Å². The molecule has 1 aliphatic rings. The minimum atomic E-state index is 0.328. The van der Waals surface area contributed by atoms with Crippen LogP contribution in [0.3, 0.4) is 0 Å². The molecule has 0 aromatic rings. The second kappa shape index (κ2) is 6.72. The Morgan fingerprint density at radius 2 is 2.00 bits per heavy atom. The molecule has 1 saturated heterocycles. The molecule has 0 radical (unpaired) electrons. The fraction of sp³-hybridized carbons (Fsp3) is 1.00. The zero-order chi connectivity index (χ0) is 12.9. The summed E-state index contributed by atoms with van der Waals surface area (Å²) < 4.78 is 0. The summed E-state index contributed by atoms with van der Waals surface area (Å²) in [6.07, 6.45) is 4.04. The van der Waals surface area contributed by atoms with E-state index in [2.05, 4.69) is 50.0 Å². The molecule has 1 rings (SSSR count). The molecule has 102 valence electrons. The van der Waals surface area contributed by atoms with Crippen LogP contribution >= 0.6 is 0 Å². The maximum absolute atomic E-state index is 3.71. The number of nitrogens with zero attached hydrogens (tertiary/aromatic N) is 2. The van der Waals surface area contributed by atoms with Gasteiger partial charge in [-0.2, -0.15) is 0 Å². The van der Waals surface area contributed by atoms with Crippen LogP contribution < -0.4 is 5.32 Å². The summed E-state index contributed by atoms with van der Waals surface area (Å²) in [4.78, 5) is 4.89. The zero-order valence-corrected chi connectivity index (χ0v) is 12.4. The third kappa shape index (κ3) is 4.94. The summed E-state index contributed by atoms with van der Waals surface area (Å²) in [5.41, 5.74) is 0.328. The summed E-state index contributed by atoms with van der Waals surface area (Å²) >= 11 is 0. The zero-order valence-electron chi connectivity index (χ0n) is 12.4. The minimum Gasteiger partial charge on any atom is -0.310 e. The first-order valence-corrected chi connectivity index (χ1v) is 7.10. The summed E-state index contributed by atoms with van der Waals surface area (Å²) in [6.45, 7) is 11.7. The van der Waals surface area contributed by atoms with Crippen LogP contribution in [0, 0.1) is 0 Å². The number of piperidine rings is 1. The fourth-order valence-corrected chi connectivity index (χ4v) is 2.93. The van der Waals surface area contributed by atoms with Crippen LogP contribution in [0.25, 0.3) is 0 Å². The number of hydrogen-bond donors (Lipinski definition) is 1. The lowest BCUT2D eigenvalue weighted by Crippen LogP contribution is -2.56. The molecule has 1 N–H and O–H groups in total. The lowest BCUT2D eigenvalue weighted by atomic mass is 9.90. The minimum absolute atomic E-state index is 0.328. The molecular weight excluding hydrogens is 210 g/mol. The number of nitrogens with one attached hydrogen (secondary N) is 1. The van der Waals surface area contributed by atoms with E-state index in [-0.39, 0.29) is 0 Å². The van der Waals surface area contributed by atoms with Crippen molar-refractivity contribution < 1.29 is 0 Å². The average Bonchev–Trinajstić information content (AvgIpc) is 2.26. The van der Waals surface area contributed by atoms with E-state index in [1.54, 1.807) is 0 Å². The van der Waals surface area contributed by atoms with Crippen molar-refractivity contribution in [3.8, 4) is 0 Å². The quantitative estimate of drug-likeness (QED) is 0.765. The lowest BCUT2D eigenvalue weighted by Gasteiger charge is -2.41. The van der Waals surface area contributed by atoms with Crippen LogP contribution in [0.4, 0.5) is 0 Å². The van der Waals surface area contributed by atoms with Crippen LogP contribution in [0.5, 0.6) is 0 Å². The molecule has 3 nitrogen and oxygen atoms in total. The summed E-state index contributed by atoms with van der Waals surface area (Å²) in [5, 5.41) is 3.71. The molecular formula is C14H31N3. The number of rotatable bonds is 6. The predicted molar refractivity (Wildman–Crippen MR) is 75.5 cm³/mol. The Labute approximate surface area is 108 Å². The van der Waals surface area contributed by atoms with E-state index >= 15 is 0 Å². The van der Waals surface area contributed by atoms with E-state index in [9.17, 15) is 0 Å². The first kappa shape index (κ1) is 14.9. The molecule has 3 heteroatoms. The monoisotopic (exact) mass is 241 g/mol. The van der Waals surface area contributed by atoms with Crippen molar-refractivity contribution in [2.45, 2.75) is 51.6 Å². The maximum atomic E-state index is 3.71. The normalized spacial score (nSPS) is 27.7. The maximum Gasteiger partial charge on any atom is 0.0280 e. The highest BCUT2D eigenvalue weighted by Crippen LogP contribution is 2.20. The van der Waals surface area contributed by atoms with Crippen molar-refractivity contribution in [2.75, 3.05) is 40.3 Å². The van der Waals surface area contributed by atoms with Gasteiger partial charge in [-0.1, -0.05) is 13.3 Å². The van der Waals surface area contributed by atoms with Gasteiger partial charge in [-0.3, -0.25) is 4.90 Å². The van der Waals surface area contributed by atoms with Gasteiger partial charge in [0.15, 0.2) is 0 Å². The second-order valence-electron chi connectivity index (χ2n) is 6.12. The molecule has 17 heavy (non-hydrogen) atoms. The van der Waals surface area contributed by atoms with Gasteiger partial charge in [0.25, 0.3) is 0 Å². The van der Waals surface area contributed by atoms with Crippen molar-refractivity contribution in [2.24, 2.45) is 0 Å². The number of hydrogen-bond acceptors (Lipinski definition) is 3. The average molecular weight is 241 g/mol. The Bertz CT molecular complexity index is 210. The van der Waals surface area contributed by atoms with E-state index in [0.717, 1.165) is 13.1 Å². The van der Waals surface area contributed by atoms with Gasteiger partial charge in [0.1, 0.15) is 0 Å². The fourth-order valence-electron chi connectivity index (χ4n) is 2.93. The molecule has 0 amide bonds. The van der Waals surface area contributed by atoms with Crippen LogP contribution in [-0.4, -0.2) is 61.7 Å². The van der Waals surface area contributed by atoms with Gasteiger partial charge < -0.3 is 10.2 Å². The van der Waals surface area contributed by atoms with Gasteiger partial charge in [-0.25, -0.2) is 0 Å². The molecule has 0 spiro atoms. The van der Waals surface area contributed by atoms with Gasteiger partial charge in [0, 0.05) is 24.7 Å². The molecule has 1 heterocycles. The topological polar surface area (TPSA) is 18.5 Å². The third-order valence-corrected chi connectivity index (χ3v) is 3.92. The largest absolute Gasteiger partial charge is 0.310 e.